The fraction of sp³-hybridized carbons (Fsp3) is 0.346. The number of rotatable bonds is 6. The Hall–Kier alpha value is -3.41. The molecule has 2 aromatic carbocycles. The summed E-state index contributed by atoms with van der Waals surface area (Å²) in [5.41, 5.74) is 7.12. The molecule has 32 heavy (non-hydrogen) atoms. The molecule has 2 heterocycles. The standard InChI is InChI=1S/C26H30N4O2/c1-6-7-13-30-19(5)22(23(27-26(30)31)20-12-11-17(3)18(4)15-20)25-28-24(29-32-25)21-10-8-9-16(2)14-21/h8-12,14-15,23H,6-7,13H2,1-5H3,(H,27,31). The maximum atomic E-state index is 13.0. The highest BCUT2D eigenvalue weighted by Gasteiger charge is 2.35. The highest BCUT2D eigenvalue weighted by molar-refractivity contribution is 5.87. The molecule has 0 saturated carbocycles. The van der Waals surface area contributed by atoms with Gasteiger partial charge in [-0.2, -0.15) is 4.98 Å². The summed E-state index contributed by atoms with van der Waals surface area (Å²) in [6, 6.07) is 13.8. The Morgan fingerprint density at radius 3 is 2.59 bits per heavy atom. The van der Waals surface area contributed by atoms with Gasteiger partial charge in [-0.1, -0.05) is 60.5 Å². The summed E-state index contributed by atoms with van der Waals surface area (Å²) in [6.07, 6.45) is 1.93. The first kappa shape index (κ1) is 21.8. The van der Waals surface area contributed by atoms with Crippen molar-refractivity contribution in [2.75, 3.05) is 6.54 Å². The van der Waals surface area contributed by atoms with Crippen molar-refractivity contribution in [1.29, 1.82) is 0 Å². The number of aryl methyl sites for hydroxylation is 3. The zero-order valence-corrected chi connectivity index (χ0v) is 19.4. The van der Waals surface area contributed by atoms with Crippen LogP contribution in [0.1, 0.15) is 60.9 Å². The number of carbonyl (C=O) groups is 1. The van der Waals surface area contributed by atoms with Crippen LogP contribution < -0.4 is 5.32 Å². The molecule has 6 nitrogen and oxygen atoms in total. The monoisotopic (exact) mass is 430 g/mol. The van der Waals surface area contributed by atoms with Gasteiger partial charge >= 0.3 is 6.03 Å². The smallest absolute Gasteiger partial charge is 0.322 e. The normalized spacial score (nSPS) is 16.5. The van der Waals surface area contributed by atoms with Crippen LogP contribution in [-0.4, -0.2) is 27.6 Å². The molecule has 4 rings (SSSR count). The predicted octanol–water partition coefficient (Wildman–Crippen LogP) is 5.96. The van der Waals surface area contributed by atoms with Gasteiger partial charge in [0.1, 0.15) is 0 Å². The van der Waals surface area contributed by atoms with E-state index in [9.17, 15) is 4.79 Å². The second-order valence-electron chi connectivity index (χ2n) is 8.52. The highest BCUT2D eigenvalue weighted by atomic mass is 16.5. The molecular formula is C26H30N4O2. The van der Waals surface area contributed by atoms with Crippen molar-refractivity contribution in [2.45, 2.75) is 53.5 Å². The van der Waals surface area contributed by atoms with Crippen LogP contribution in [0.3, 0.4) is 0 Å². The molecule has 0 spiro atoms. The number of nitrogens with zero attached hydrogens (tertiary/aromatic N) is 3. The third-order valence-electron chi connectivity index (χ3n) is 6.13. The maximum absolute atomic E-state index is 13.0. The molecule has 1 aliphatic rings. The van der Waals surface area contributed by atoms with E-state index in [-0.39, 0.29) is 12.1 Å². The third-order valence-corrected chi connectivity index (χ3v) is 6.13. The topological polar surface area (TPSA) is 71.3 Å². The Labute approximate surface area is 189 Å². The van der Waals surface area contributed by atoms with Crippen LogP contribution in [0.15, 0.2) is 52.7 Å². The van der Waals surface area contributed by atoms with E-state index in [1.807, 2.05) is 38.1 Å². The van der Waals surface area contributed by atoms with Crippen molar-refractivity contribution in [2.24, 2.45) is 0 Å². The van der Waals surface area contributed by atoms with Gasteiger partial charge in [-0.05, 0) is 56.9 Å². The van der Waals surface area contributed by atoms with Crippen molar-refractivity contribution in [3.05, 3.63) is 76.3 Å². The van der Waals surface area contributed by atoms with Crippen LogP contribution in [0.2, 0.25) is 0 Å². The van der Waals surface area contributed by atoms with E-state index in [1.165, 1.54) is 11.1 Å². The van der Waals surface area contributed by atoms with E-state index in [2.05, 4.69) is 49.4 Å². The summed E-state index contributed by atoms with van der Waals surface area (Å²) in [7, 11) is 0. The Balaban J connectivity index is 1.82. The van der Waals surface area contributed by atoms with Crippen LogP contribution in [0.5, 0.6) is 0 Å². The maximum Gasteiger partial charge on any atom is 0.322 e. The van der Waals surface area contributed by atoms with Gasteiger partial charge in [-0.25, -0.2) is 4.79 Å². The zero-order valence-electron chi connectivity index (χ0n) is 19.4. The molecule has 166 valence electrons. The highest BCUT2D eigenvalue weighted by Crippen LogP contribution is 2.38. The number of aromatic nitrogens is 2. The summed E-state index contributed by atoms with van der Waals surface area (Å²) in [5, 5.41) is 7.43. The summed E-state index contributed by atoms with van der Waals surface area (Å²) >= 11 is 0. The molecule has 1 aromatic heterocycles. The van der Waals surface area contributed by atoms with Gasteiger partial charge in [0.2, 0.25) is 5.82 Å². The molecule has 1 unspecified atom stereocenters. The minimum absolute atomic E-state index is 0.0960. The van der Waals surface area contributed by atoms with Gasteiger partial charge in [-0.3, -0.25) is 4.90 Å². The number of unbranched alkanes of at least 4 members (excludes halogenated alkanes) is 1. The van der Waals surface area contributed by atoms with Crippen molar-refractivity contribution in [3.63, 3.8) is 0 Å². The Morgan fingerprint density at radius 2 is 1.88 bits per heavy atom. The average molecular weight is 431 g/mol. The van der Waals surface area contributed by atoms with Crippen molar-refractivity contribution in [3.8, 4) is 11.4 Å². The number of amides is 2. The number of benzene rings is 2. The lowest BCUT2D eigenvalue weighted by Crippen LogP contribution is -2.46. The Morgan fingerprint density at radius 1 is 1.06 bits per heavy atom. The zero-order chi connectivity index (χ0) is 22.8. The molecular weight excluding hydrogens is 400 g/mol. The Kier molecular flexibility index (Phi) is 6.12. The molecule has 6 heteroatoms. The summed E-state index contributed by atoms with van der Waals surface area (Å²) in [5.74, 6) is 0.976. The fourth-order valence-electron chi connectivity index (χ4n) is 4.07. The summed E-state index contributed by atoms with van der Waals surface area (Å²) < 4.78 is 5.77. The number of urea groups is 1. The molecule has 0 fully saturated rings. The molecule has 1 N–H and O–H groups in total. The number of nitrogens with one attached hydrogen (secondary N) is 1. The molecule has 1 atom stereocenters. The molecule has 0 aliphatic carbocycles. The molecule has 2 amide bonds. The van der Waals surface area contributed by atoms with E-state index in [1.54, 1.807) is 4.90 Å². The van der Waals surface area contributed by atoms with E-state index in [4.69, 9.17) is 9.51 Å². The quantitative estimate of drug-likeness (QED) is 0.524. The SMILES string of the molecule is CCCCN1C(=O)NC(c2ccc(C)c(C)c2)C(c2nc(-c3cccc(C)c3)no2)=C1C. The summed E-state index contributed by atoms with van der Waals surface area (Å²) in [4.78, 5) is 19.5. The third kappa shape index (κ3) is 4.17. The van der Waals surface area contributed by atoms with Crippen LogP contribution in [-0.2, 0) is 0 Å². The molecule has 3 aromatic rings. The van der Waals surface area contributed by atoms with Gasteiger partial charge in [-0.15, -0.1) is 0 Å². The number of hydrogen-bond acceptors (Lipinski definition) is 4. The lowest BCUT2D eigenvalue weighted by molar-refractivity contribution is 0.204. The van der Waals surface area contributed by atoms with Crippen LogP contribution in [0.25, 0.3) is 17.0 Å². The van der Waals surface area contributed by atoms with Crippen LogP contribution in [0, 0.1) is 20.8 Å². The second kappa shape index (κ2) is 8.99. The lowest BCUT2D eigenvalue weighted by Gasteiger charge is -2.35. The Bertz CT molecular complexity index is 1180. The predicted molar refractivity (Wildman–Crippen MR) is 126 cm³/mol. The molecule has 0 saturated heterocycles. The van der Waals surface area contributed by atoms with Crippen molar-refractivity contribution in [1.82, 2.24) is 20.4 Å². The van der Waals surface area contributed by atoms with Gasteiger partial charge in [0.25, 0.3) is 5.89 Å². The molecule has 0 radical (unpaired) electrons. The second-order valence-corrected chi connectivity index (χ2v) is 8.52. The van der Waals surface area contributed by atoms with Gasteiger partial charge in [0, 0.05) is 17.8 Å². The van der Waals surface area contributed by atoms with Gasteiger partial charge in [0.05, 0.1) is 11.6 Å². The van der Waals surface area contributed by atoms with Crippen LogP contribution in [0.4, 0.5) is 4.79 Å². The molecule has 0 bridgehead atoms. The van der Waals surface area contributed by atoms with Gasteiger partial charge in [0.15, 0.2) is 0 Å². The first-order valence-corrected chi connectivity index (χ1v) is 11.2. The number of carbonyl (C=O) groups excluding carboxylic acids is 1. The first-order valence-electron chi connectivity index (χ1n) is 11.2. The van der Waals surface area contributed by atoms with E-state index in [0.29, 0.717) is 18.3 Å². The fourth-order valence-corrected chi connectivity index (χ4v) is 4.07. The van der Waals surface area contributed by atoms with Crippen molar-refractivity contribution >= 4 is 11.6 Å². The minimum atomic E-state index is -0.356. The number of allylic oxidation sites excluding steroid dienone is 1. The van der Waals surface area contributed by atoms with Crippen LogP contribution >= 0.6 is 0 Å². The lowest BCUT2D eigenvalue weighted by atomic mass is 9.92. The van der Waals surface area contributed by atoms with Crippen molar-refractivity contribution < 1.29 is 9.32 Å². The largest absolute Gasteiger partial charge is 0.334 e. The first-order chi connectivity index (χ1) is 15.4. The van der Waals surface area contributed by atoms with E-state index in [0.717, 1.165) is 40.8 Å². The van der Waals surface area contributed by atoms with E-state index < -0.39 is 0 Å². The minimum Gasteiger partial charge on any atom is -0.334 e. The summed E-state index contributed by atoms with van der Waals surface area (Å²) in [6.45, 7) is 10.9. The molecule has 1 aliphatic heterocycles. The number of hydrogen-bond donors (Lipinski definition) is 1. The van der Waals surface area contributed by atoms with Gasteiger partial charge < -0.3 is 9.84 Å². The average Bonchev–Trinajstić information content (AvgIpc) is 3.25. The van der Waals surface area contributed by atoms with E-state index >= 15 is 0 Å².